The third kappa shape index (κ3) is 5.57. The lowest BCUT2D eigenvalue weighted by Crippen LogP contribution is -2.09. The number of methoxy groups -OCH3 is 1. The normalized spacial score (nSPS) is 9.89. The topological polar surface area (TPSA) is 12.5 Å². The fraction of sp³-hybridized carbons (Fsp3) is 0.0769. The average molecular weight is 367 g/mol. The Balaban J connectivity index is 0.000000211. The minimum absolute atomic E-state index is 0.709. The van der Waals surface area contributed by atoms with E-state index < -0.39 is 0 Å². The quantitative estimate of drug-likeness (QED) is 0.377. The van der Waals surface area contributed by atoms with Gasteiger partial charge in [-0.15, -0.1) is 0 Å². The van der Waals surface area contributed by atoms with Crippen LogP contribution < -0.4 is 4.90 Å². The first-order valence-electron chi connectivity index (χ1n) is 9.36. The number of benzene rings is 4. The Kier molecular flexibility index (Phi) is 7.42. The monoisotopic (exact) mass is 367 g/mol. The van der Waals surface area contributed by atoms with Crippen molar-refractivity contribution >= 4 is 17.1 Å². The van der Waals surface area contributed by atoms with E-state index in [-0.39, 0.29) is 0 Å². The van der Waals surface area contributed by atoms with E-state index in [0.29, 0.717) is 6.61 Å². The van der Waals surface area contributed by atoms with Crippen LogP contribution in [0.1, 0.15) is 5.56 Å². The predicted octanol–water partition coefficient (Wildman–Crippen LogP) is 6.99. The van der Waals surface area contributed by atoms with E-state index >= 15 is 0 Å². The molecule has 2 heteroatoms. The Morgan fingerprint density at radius 1 is 0.500 bits per heavy atom. The van der Waals surface area contributed by atoms with Crippen LogP contribution in [-0.4, -0.2) is 7.11 Å². The summed E-state index contributed by atoms with van der Waals surface area (Å²) in [5, 5.41) is 0. The van der Waals surface area contributed by atoms with Gasteiger partial charge >= 0.3 is 0 Å². The molecule has 140 valence electrons. The summed E-state index contributed by atoms with van der Waals surface area (Å²) in [5.41, 5.74) is 4.72. The predicted molar refractivity (Wildman–Crippen MR) is 118 cm³/mol. The molecule has 0 saturated heterocycles. The van der Waals surface area contributed by atoms with Crippen LogP contribution in [0, 0.1) is 0 Å². The zero-order chi connectivity index (χ0) is 19.4. The van der Waals surface area contributed by atoms with Crippen LogP contribution in [0.2, 0.25) is 0 Å². The molecule has 28 heavy (non-hydrogen) atoms. The van der Waals surface area contributed by atoms with Crippen molar-refractivity contribution in [2.75, 3.05) is 12.0 Å². The summed E-state index contributed by atoms with van der Waals surface area (Å²) < 4.78 is 4.93. The highest BCUT2D eigenvalue weighted by Crippen LogP contribution is 2.33. The minimum Gasteiger partial charge on any atom is -0.380 e. The van der Waals surface area contributed by atoms with Crippen molar-refractivity contribution in [1.82, 2.24) is 0 Å². The second kappa shape index (κ2) is 10.7. The fourth-order valence-electron chi connectivity index (χ4n) is 2.92. The van der Waals surface area contributed by atoms with Crippen LogP contribution in [0.5, 0.6) is 0 Å². The molecular formula is C26H25NO. The van der Waals surface area contributed by atoms with Crippen LogP contribution in [0.15, 0.2) is 121 Å². The molecule has 0 unspecified atom stereocenters. The number of para-hydroxylation sites is 3. The number of hydrogen-bond acceptors (Lipinski definition) is 2. The molecule has 0 heterocycles. The summed E-state index contributed by atoms with van der Waals surface area (Å²) >= 11 is 0. The van der Waals surface area contributed by atoms with E-state index in [9.17, 15) is 0 Å². The molecule has 0 saturated carbocycles. The maximum atomic E-state index is 4.93. The maximum Gasteiger partial charge on any atom is 0.0713 e. The van der Waals surface area contributed by atoms with Crippen molar-refractivity contribution in [2.45, 2.75) is 6.61 Å². The van der Waals surface area contributed by atoms with Crippen molar-refractivity contribution in [2.24, 2.45) is 0 Å². The molecule has 2 nitrogen and oxygen atoms in total. The van der Waals surface area contributed by atoms with Gasteiger partial charge in [-0.2, -0.15) is 0 Å². The Bertz CT molecular complexity index is 816. The molecular weight excluding hydrogens is 342 g/mol. The van der Waals surface area contributed by atoms with Crippen LogP contribution in [-0.2, 0) is 11.3 Å². The third-order valence-electron chi connectivity index (χ3n) is 4.20. The van der Waals surface area contributed by atoms with E-state index in [2.05, 4.69) is 77.7 Å². The van der Waals surface area contributed by atoms with E-state index in [1.807, 2.05) is 48.5 Å². The standard InChI is InChI=1S/C18H15N.C8H10O/c1-4-10-16(11-5-1)19(17-12-6-2-7-13-17)18-14-8-3-9-15-18;1-9-7-8-5-3-2-4-6-8/h1-15H;2-6H,7H2,1H3. The van der Waals surface area contributed by atoms with Gasteiger partial charge in [0, 0.05) is 24.2 Å². The molecule has 0 spiro atoms. The average Bonchev–Trinajstić information content (AvgIpc) is 2.78. The highest BCUT2D eigenvalue weighted by atomic mass is 16.5. The molecule has 0 aliphatic carbocycles. The lowest BCUT2D eigenvalue weighted by Gasteiger charge is -2.25. The number of nitrogens with zero attached hydrogens (tertiary/aromatic N) is 1. The van der Waals surface area contributed by atoms with Gasteiger partial charge in [-0.3, -0.25) is 0 Å². The van der Waals surface area contributed by atoms with Crippen LogP contribution >= 0.6 is 0 Å². The number of rotatable bonds is 5. The SMILES string of the molecule is COCc1ccccc1.c1ccc(N(c2ccccc2)c2ccccc2)cc1. The smallest absolute Gasteiger partial charge is 0.0713 e. The first-order valence-corrected chi connectivity index (χ1v) is 9.36. The highest BCUT2D eigenvalue weighted by Gasteiger charge is 2.10. The Morgan fingerprint density at radius 2 is 0.821 bits per heavy atom. The van der Waals surface area contributed by atoms with Crippen molar-refractivity contribution in [3.05, 3.63) is 127 Å². The number of hydrogen-bond donors (Lipinski definition) is 0. The summed E-state index contributed by atoms with van der Waals surface area (Å²) in [6.45, 7) is 0.709. The van der Waals surface area contributed by atoms with Gasteiger partial charge in [0.05, 0.1) is 6.61 Å². The Hall–Kier alpha value is -3.36. The second-order valence-electron chi connectivity index (χ2n) is 6.26. The van der Waals surface area contributed by atoms with Gasteiger partial charge in [-0.1, -0.05) is 84.9 Å². The summed E-state index contributed by atoms with van der Waals surface area (Å²) in [6.07, 6.45) is 0. The van der Waals surface area contributed by atoms with Gasteiger partial charge in [0.25, 0.3) is 0 Å². The van der Waals surface area contributed by atoms with Gasteiger partial charge < -0.3 is 9.64 Å². The van der Waals surface area contributed by atoms with Gasteiger partial charge in [0.15, 0.2) is 0 Å². The third-order valence-corrected chi connectivity index (χ3v) is 4.20. The molecule has 0 N–H and O–H groups in total. The molecule has 0 fully saturated rings. The first kappa shape index (κ1) is 19.4. The van der Waals surface area contributed by atoms with E-state index in [0.717, 1.165) is 0 Å². The number of anilines is 3. The largest absolute Gasteiger partial charge is 0.380 e. The van der Waals surface area contributed by atoms with Crippen LogP contribution in [0.25, 0.3) is 0 Å². The van der Waals surface area contributed by atoms with Gasteiger partial charge in [0.2, 0.25) is 0 Å². The van der Waals surface area contributed by atoms with Gasteiger partial charge in [-0.05, 0) is 42.0 Å². The molecule has 0 atom stereocenters. The van der Waals surface area contributed by atoms with Crippen molar-refractivity contribution in [1.29, 1.82) is 0 Å². The summed E-state index contributed by atoms with van der Waals surface area (Å²) in [6, 6.07) is 41.4. The van der Waals surface area contributed by atoms with Crippen LogP contribution in [0.3, 0.4) is 0 Å². The fourth-order valence-corrected chi connectivity index (χ4v) is 2.92. The van der Waals surface area contributed by atoms with Crippen molar-refractivity contribution < 1.29 is 4.74 Å². The summed E-state index contributed by atoms with van der Waals surface area (Å²) in [5.74, 6) is 0. The van der Waals surface area contributed by atoms with Gasteiger partial charge in [0.1, 0.15) is 0 Å². The number of ether oxygens (including phenoxy) is 1. The van der Waals surface area contributed by atoms with E-state index in [4.69, 9.17) is 4.74 Å². The molecule has 0 aliphatic heterocycles. The minimum atomic E-state index is 0.709. The molecule has 0 aromatic heterocycles. The molecule has 4 rings (SSSR count). The lowest BCUT2D eigenvalue weighted by atomic mass is 10.2. The zero-order valence-electron chi connectivity index (χ0n) is 16.1. The molecule has 4 aromatic rings. The maximum absolute atomic E-state index is 4.93. The van der Waals surface area contributed by atoms with E-state index in [1.165, 1.54) is 22.6 Å². The summed E-state index contributed by atoms with van der Waals surface area (Å²) in [7, 11) is 1.70. The zero-order valence-corrected chi connectivity index (χ0v) is 16.1. The Morgan fingerprint density at radius 3 is 1.14 bits per heavy atom. The van der Waals surface area contributed by atoms with Crippen molar-refractivity contribution in [3.8, 4) is 0 Å². The first-order chi connectivity index (χ1) is 13.9. The van der Waals surface area contributed by atoms with E-state index in [1.54, 1.807) is 7.11 Å². The molecule has 4 aromatic carbocycles. The Labute approximate surface area is 167 Å². The highest BCUT2D eigenvalue weighted by molar-refractivity contribution is 5.76. The summed E-state index contributed by atoms with van der Waals surface area (Å²) in [4.78, 5) is 2.25. The van der Waals surface area contributed by atoms with Gasteiger partial charge in [-0.25, -0.2) is 0 Å². The molecule has 0 bridgehead atoms. The molecule has 0 aliphatic rings. The molecule has 0 amide bonds. The van der Waals surface area contributed by atoms with Crippen molar-refractivity contribution in [3.63, 3.8) is 0 Å². The van der Waals surface area contributed by atoms with Crippen LogP contribution in [0.4, 0.5) is 17.1 Å². The molecule has 0 radical (unpaired) electrons. The second-order valence-corrected chi connectivity index (χ2v) is 6.26. The lowest BCUT2D eigenvalue weighted by molar-refractivity contribution is 0.185.